The van der Waals surface area contributed by atoms with Gasteiger partial charge in [0.05, 0.1) is 5.41 Å². The molecule has 33 heavy (non-hydrogen) atoms. The lowest BCUT2D eigenvalue weighted by molar-refractivity contribution is -0.263. The Labute approximate surface area is 191 Å². The molecule has 9 heteroatoms. The Morgan fingerprint density at radius 3 is 2.48 bits per heavy atom. The summed E-state index contributed by atoms with van der Waals surface area (Å²) in [5.74, 6) is -5.16. The normalized spacial score (nSPS) is 44.1. The number of ketones is 2. The van der Waals surface area contributed by atoms with Crippen molar-refractivity contribution in [3.63, 3.8) is 0 Å². The second-order valence-corrected chi connectivity index (χ2v) is 10.3. The van der Waals surface area contributed by atoms with Crippen LogP contribution in [0.3, 0.4) is 0 Å². The van der Waals surface area contributed by atoms with E-state index in [0.29, 0.717) is 5.57 Å². The van der Waals surface area contributed by atoms with E-state index in [1.54, 1.807) is 20.8 Å². The molecule has 0 bridgehead atoms. The summed E-state index contributed by atoms with van der Waals surface area (Å²) in [6.45, 7) is 7.44. The maximum Gasteiger partial charge on any atom is 0.306 e. The van der Waals surface area contributed by atoms with E-state index in [1.807, 2.05) is 0 Å². The van der Waals surface area contributed by atoms with Gasteiger partial charge < -0.3 is 19.3 Å². The van der Waals surface area contributed by atoms with Crippen molar-refractivity contribution in [3.8, 4) is 0 Å². The molecule has 9 atom stereocenters. The van der Waals surface area contributed by atoms with Crippen molar-refractivity contribution in [2.75, 3.05) is 6.61 Å². The average Bonchev–Trinajstić information content (AvgIpc) is 2.72. The van der Waals surface area contributed by atoms with Crippen molar-refractivity contribution >= 4 is 29.5 Å². The zero-order chi connectivity index (χ0) is 24.5. The highest BCUT2D eigenvalue weighted by Crippen LogP contribution is 2.67. The molecule has 2 saturated carbocycles. The van der Waals surface area contributed by atoms with E-state index in [-0.39, 0.29) is 19.4 Å². The predicted molar refractivity (Wildman–Crippen MR) is 111 cm³/mol. The number of aliphatic hydroxyl groups is 1. The predicted octanol–water partition coefficient (Wildman–Crippen LogP) is 1.15. The Bertz CT molecular complexity index is 967. The molecule has 0 aromatic rings. The van der Waals surface area contributed by atoms with Crippen molar-refractivity contribution in [2.45, 2.75) is 65.8 Å². The highest BCUT2D eigenvalue weighted by atomic mass is 16.6. The van der Waals surface area contributed by atoms with Gasteiger partial charge >= 0.3 is 17.9 Å². The Morgan fingerprint density at radius 2 is 1.88 bits per heavy atom. The number of hydrogen-bond acceptors (Lipinski definition) is 9. The van der Waals surface area contributed by atoms with Crippen LogP contribution >= 0.6 is 0 Å². The number of esters is 3. The largest absolute Gasteiger partial charge is 0.465 e. The molecule has 0 radical (unpaired) electrons. The molecule has 180 valence electrons. The number of ether oxygens (including phenoxy) is 3. The molecule has 1 aliphatic heterocycles. The minimum atomic E-state index is -1.49. The standard InChI is InChI=1S/C24H30O9/c1-10-6-16(27)22(30)23(5)14(10)7-17-24(9-31-12(3)25)15(8-18(28)33-17)11(2)20(32-13(4)26)19(29)21(23)24/h6,11,14-15,17,20-22,30H,7-9H2,1-5H3/t11-,14+,15+,17-,20+,21-,22-,23+,24-/m1/s1. The van der Waals surface area contributed by atoms with Gasteiger partial charge in [-0.05, 0) is 31.3 Å². The Kier molecular flexibility index (Phi) is 5.54. The fourth-order valence-corrected chi connectivity index (χ4v) is 7.31. The third-order valence-corrected chi connectivity index (χ3v) is 8.58. The molecule has 0 aromatic carbocycles. The maximum absolute atomic E-state index is 14.1. The third-order valence-electron chi connectivity index (χ3n) is 8.58. The maximum atomic E-state index is 14.1. The molecule has 9 nitrogen and oxygen atoms in total. The van der Waals surface area contributed by atoms with Gasteiger partial charge in [0.25, 0.3) is 0 Å². The summed E-state index contributed by atoms with van der Waals surface area (Å²) in [5.41, 5.74) is -1.73. The SMILES string of the molecule is CC(=O)OC[C@@]12[C@@H]3C(=O)[C@@H](OC(C)=O)[C@H](C)[C@@H]1CC(=O)O[C@@H]2C[C@H]1C(C)=CC(=O)[C@@H](O)[C@]31C. The molecule has 3 fully saturated rings. The van der Waals surface area contributed by atoms with Gasteiger partial charge in [-0.2, -0.15) is 0 Å². The molecule has 0 aromatic heterocycles. The molecule has 0 amide bonds. The van der Waals surface area contributed by atoms with E-state index in [4.69, 9.17) is 14.2 Å². The summed E-state index contributed by atoms with van der Waals surface area (Å²) in [6, 6.07) is 0. The lowest BCUT2D eigenvalue weighted by Gasteiger charge is -2.67. The van der Waals surface area contributed by atoms with Crippen LogP contribution in [0.2, 0.25) is 0 Å². The highest BCUT2D eigenvalue weighted by Gasteiger charge is 2.75. The van der Waals surface area contributed by atoms with E-state index in [9.17, 15) is 29.1 Å². The van der Waals surface area contributed by atoms with E-state index in [0.717, 1.165) is 0 Å². The zero-order valence-corrected chi connectivity index (χ0v) is 19.5. The number of fused-ring (bicyclic) bond motifs is 2. The summed E-state index contributed by atoms with van der Waals surface area (Å²) in [7, 11) is 0. The zero-order valence-electron chi connectivity index (χ0n) is 19.5. The number of hydrogen-bond donors (Lipinski definition) is 1. The van der Waals surface area contributed by atoms with Crippen molar-refractivity contribution in [1.82, 2.24) is 0 Å². The van der Waals surface area contributed by atoms with Crippen LogP contribution in [0.25, 0.3) is 0 Å². The summed E-state index contributed by atoms with van der Waals surface area (Å²) >= 11 is 0. The van der Waals surface area contributed by atoms with Crippen LogP contribution in [-0.2, 0) is 38.2 Å². The molecule has 1 heterocycles. The molecule has 1 N–H and O–H groups in total. The monoisotopic (exact) mass is 462 g/mol. The van der Waals surface area contributed by atoms with E-state index >= 15 is 0 Å². The summed E-state index contributed by atoms with van der Waals surface area (Å²) in [6.07, 6.45) is -1.81. The van der Waals surface area contributed by atoms with Gasteiger partial charge in [0.1, 0.15) is 18.8 Å². The molecule has 3 aliphatic carbocycles. The number of aliphatic hydroxyl groups excluding tert-OH is 1. The van der Waals surface area contributed by atoms with Gasteiger partial charge in [0.2, 0.25) is 0 Å². The smallest absolute Gasteiger partial charge is 0.306 e. The van der Waals surface area contributed by atoms with E-state index in [1.165, 1.54) is 19.9 Å². The molecule has 1 saturated heterocycles. The van der Waals surface area contributed by atoms with Crippen LogP contribution in [-0.4, -0.2) is 59.5 Å². The molecular weight excluding hydrogens is 432 g/mol. The lowest BCUT2D eigenvalue weighted by atomic mass is 9.38. The Morgan fingerprint density at radius 1 is 1.21 bits per heavy atom. The van der Waals surface area contributed by atoms with Gasteiger partial charge in [-0.15, -0.1) is 0 Å². The van der Waals surface area contributed by atoms with Gasteiger partial charge in [-0.25, -0.2) is 0 Å². The van der Waals surface area contributed by atoms with Gasteiger partial charge in [0.15, 0.2) is 17.7 Å². The molecule has 0 unspecified atom stereocenters. The van der Waals surface area contributed by atoms with Crippen LogP contribution in [0.15, 0.2) is 11.6 Å². The third kappa shape index (κ3) is 3.19. The minimum Gasteiger partial charge on any atom is -0.465 e. The first-order valence-corrected chi connectivity index (χ1v) is 11.3. The quantitative estimate of drug-likeness (QED) is 0.484. The summed E-state index contributed by atoms with van der Waals surface area (Å²) in [4.78, 5) is 63.2. The average molecular weight is 462 g/mol. The van der Waals surface area contributed by atoms with Crippen LogP contribution in [0.5, 0.6) is 0 Å². The second kappa shape index (κ2) is 7.75. The fourth-order valence-electron chi connectivity index (χ4n) is 7.31. The topological polar surface area (TPSA) is 133 Å². The van der Waals surface area contributed by atoms with Crippen molar-refractivity contribution < 1.29 is 43.3 Å². The van der Waals surface area contributed by atoms with Crippen molar-refractivity contribution in [2.24, 2.45) is 34.5 Å². The first-order chi connectivity index (χ1) is 15.3. The molecule has 4 aliphatic rings. The first-order valence-electron chi connectivity index (χ1n) is 11.3. The Hall–Kier alpha value is -2.55. The highest BCUT2D eigenvalue weighted by molar-refractivity contribution is 5.98. The number of rotatable bonds is 3. The van der Waals surface area contributed by atoms with Crippen LogP contribution in [0, 0.1) is 34.5 Å². The van der Waals surface area contributed by atoms with Crippen molar-refractivity contribution in [1.29, 1.82) is 0 Å². The minimum absolute atomic E-state index is 0.0555. The van der Waals surface area contributed by atoms with E-state index in [2.05, 4.69) is 0 Å². The second-order valence-electron chi connectivity index (χ2n) is 10.3. The van der Waals surface area contributed by atoms with Gasteiger partial charge in [-0.3, -0.25) is 24.0 Å². The number of allylic oxidation sites excluding steroid dienone is 1. The molecular formula is C24H30O9. The van der Waals surface area contributed by atoms with Crippen molar-refractivity contribution in [3.05, 3.63) is 11.6 Å². The van der Waals surface area contributed by atoms with Crippen LogP contribution in [0.1, 0.15) is 47.5 Å². The molecule has 0 spiro atoms. The number of Topliss-reactive ketones (excluding diaryl/α,β-unsaturated/α-hetero) is 1. The van der Waals surface area contributed by atoms with E-state index < -0.39 is 82.3 Å². The Balaban J connectivity index is 1.97. The van der Waals surface area contributed by atoms with Gasteiger partial charge in [-0.1, -0.05) is 19.4 Å². The fraction of sp³-hybridized carbons (Fsp3) is 0.708. The van der Waals surface area contributed by atoms with Crippen LogP contribution < -0.4 is 0 Å². The lowest BCUT2D eigenvalue weighted by Crippen LogP contribution is -2.75. The number of carbonyl (C=O) groups is 5. The number of carbonyl (C=O) groups excluding carboxylic acids is 5. The summed E-state index contributed by atoms with van der Waals surface area (Å²) in [5, 5.41) is 11.2. The van der Waals surface area contributed by atoms with Crippen LogP contribution in [0.4, 0.5) is 0 Å². The summed E-state index contributed by atoms with van der Waals surface area (Å²) < 4.78 is 16.7. The first kappa shape index (κ1) is 23.6. The van der Waals surface area contributed by atoms with Gasteiger partial charge in [0, 0.05) is 37.5 Å². The molecule has 4 rings (SSSR count).